The van der Waals surface area contributed by atoms with Crippen LogP contribution in [-0.4, -0.2) is 101 Å². The largest absolute Gasteiger partial charge is 0.372 e. The Hall–Kier alpha value is -4.86. The molecule has 16 nitrogen and oxygen atoms in total. The minimum absolute atomic E-state index is 0.0938. The predicted molar refractivity (Wildman–Crippen MR) is 242 cm³/mol. The molecule has 7 N–H and O–H groups in total. The normalized spacial score (nSPS) is 22.0. The first-order chi connectivity index (χ1) is 30.8. The lowest BCUT2D eigenvalue weighted by atomic mass is 9.80. The molecule has 2 aliphatic carbocycles. The molecule has 16 heteroatoms. The molecule has 64 heavy (non-hydrogen) atoms. The molecule has 1 saturated heterocycles. The minimum atomic E-state index is -1.26. The lowest BCUT2D eigenvalue weighted by Gasteiger charge is -2.36. The number of rotatable bonds is 25. The standard InChI is InChI=1S/C48H75N7O9/c1-5-8-24-37(43(49)58)53-45(60)38(25-9-6-2)51-40(56)28-50-47(62)42(57)36(17-7-3)52-46(61)39-27-35(64-30-32-19-12-10-13-20-32)29-55(39)48(63)41(33-21-14-11-15-22-33)54-44(59)34-23-16-18-31(4)26-34/h10,12-13,19-20,31,33-39,41H,5-9,11,14-18,21-30H2,1-4H3,(H2,49,58)(H,50,62)(H,51,56)(H,52,61)(H,53,60)(H,54,59)/t31?,34?,35-,36?,37?,38?,39+,41?/m1/s1. The van der Waals surface area contributed by atoms with Crippen LogP contribution in [0.2, 0.25) is 0 Å². The highest BCUT2D eigenvalue weighted by Gasteiger charge is 2.46. The Morgan fingerprint density at radius 2 is 1.42 bits per heavy atom. The maximum Gasteiger partial charge on any atom is 0.290 e. The maximum absolute atomic E-state index is 14.8. The van der Waals surface area contributed by atoms with E-state index < -0.39 is 78.2 Å². The van der Waals surface area contributed by atoms with Gasteiger partial charge in [-0.05, 0) is 62.3 Å². The Balaban J connectivity index is 1.47. The van der Waals surface area contributed by atoms with Gasteiger partial charge in [0.15, 0.2) is 0 Å². The van der Waals surface area contributed by atoms with E-state index in [0.717, 1.165) is 76.2 Å². The number of hydrogen-bond donors (Lipinski definition) is 6. The number of likely N-dealkylation sites (tertiary alicyclic amines) is 1. The fourth-order valence-electron chi connectivity index (χ4n) is 9.29. The fraction of sp³-hybridized carbons (Fsp3) is 0.708. The summed E-state index contributed by atoms with van der Waals surface area (Å²) in [6.07, 6.45) is 11.6. The zero-order chi connectivity index (χ0) is 46.6. The summed E-state index contributed by atoms with van der Waals surface area (Å²) >= 11 is 0. The molecule has 1 aromatic rings. The van der Waals surface area contributed by atoms with Crippen molar-refractivity contribution in [1.82, 2.24) is 31.5 Å². The van der Waals surface area contributed by atoms with Gasteiger partial charge in [0.05, 0.1) is 25.3 Å². The van der Waals surface area contributed by atoms with Crippen molar-refractivity contribution in [3.05, 3.63) is 35.9 Å². The molecule has 6 unspecified atom stereocenters. The van der Waals surface area contributed by atoms with Gasteiger partial charge in [-0.3, -0.25) is 38.4 Å². The smallest absolute Gasteiger partial charge is 0.290 e. The van der Waals surface area contributed by atoms with Crippen LogP contribution in [0.5, 0.6) is 0 Å². The lowest BCUT2D eigenvalue weighted by Crippen LogP contribution is -2.58. The van der Waals surface area contributed by atoms with Crippen LogP contribution < -0.4 is 32.3 Å². The summed E-state index contributed by atoms with van der Waals surface area (Å²) in [4.78, 5) is 110. The van der Waals surface area contributed by atoms with Crippen molar-refractivity contribution in [2.24, 2.45) is 23.5 Å². The molecule has 3 aliphatic rings. The number of benzene rings is 1. The van der Waals surface area contributed by atoms with Crippen LogP contribution in [0.25, 0.3) is 0 Å². The zero-order valence-electron chi connectivity index (χ0n) is 38.6. The molecular weight excluding hydrogens is 819 g/mol. The van der Waals surface area contributed by atoms with Crippen molar-refractivity contribution in [3.8, 4) is 0 Å². The molecule has 1 aliphatic heterocycles. The Morgan fingerprint density at radius 1 is 0.734 bits per heavy atom. The molecule has 3 fully saturated rings. The van der Waals surface area contributed by atoms with Gasteiger partial charge in [0.2, 0.25) is 41.2 Å². The average molecular weight is 894 g/mol. The van der Waals surface area contributed by atoms with E-state index in [1.165, 1.54) is 4.90 Å². The number of ether oxygens (including phenoxy) is 1. The number of Topliss-reactive ketones (excluding diaryl/α,β-unsaturated/α-hetero) is 1. The summed E-state index contributed by atoms with van der Waals surface area (Å²) in [5, 5.41) is 13.5. The molecule has 2 saturated carbocycles. The molecule has 8 atom stereocenters. The number of carbonyl (C=O) groups is 8. The van der Waals surface area contributed by atoms with Gasteiger partial charge in [0.1, 0.15) is 24.2 Å². The third kappa shape index (κ3) is 16.0. The van der Waals surface area contributed by atoms with Crippen molar-refractivity contribution in [1.29, 1.82) is 0 Å². The van der Waals surface area contributed by atoms with Crippen molar-refractivity contribution >= 4 is 47.1 Å². The second-order valence-electron chi connectivity index (χ2n) is 18.3. The molecule has 0 aromatic heterocycles. The van der Waals surface area contributed by atoms with Crippen LogP contribution in [0.15, 0.2) is 30.3 Å². The number of amides is 7. The highest BCUT2D eigenvalue weighted by atomic mass is 16.5. The van der Waals surface area contributed by atoms with Gasteiger partial charge in [0, 0.05) is 18.9 Å². The highest BCUT2D eigenvalue weighted by molar-refractivity contribution is 6.38. The molecule has 0 spiro atoms. The molecule has 7 amide bonds. The Bertz CT molecular complexity index is 1720. The summed E-state index contributed by atoms with van der Waals surface area (Å²) in [7, 11) is 0. The van der Waals surface area contributed by atoms with Crippen LogP contribution in [0.3, 0.4) is 0 Å². The number of hydrogen-bond acceptors (Lipinski definition) is 9. The van der Waals surface area contributed by atoms with E-state index in [1.54, 1.807) is 6.92 Å². The first-order valence-corrected chi connectivity index (χ1v) is 24.0. The number of ketones is 1. The Labute approximate surface area is 379 Å². The van der Waals surface area contributed by atoms with Gasteiger partial charge >= 0.3 is 0 Å². The summed E-state index contributed by atoms with van der Waals surface area (Å²) in [6, 6.07) is 4.53. The number of carbonyl (C=O) groups excluding carboxylic acids is 8. The Kier molecular flexibility index (Phi) is 21.7. The van der Waals surface area contributed by atoms with E-state index in [1.807, 2.05) is 44.2 Å². The lowest BCUT2D eigenvalue weighted by molar-refractivity contribution is -0.145. The quantitative estimate of drug-likeness (QED) is 0.0781. The van der Waals surface area contributed by atoms with E-state index >= 15 is 0 Å². The van der Waals surface area contributed by atoms with Gasteiger partial charge in [-0.25, -0.2) is 0 Å². The van der Waals surface area contributed by atoms with Crippen molar-refractivity contribution in [2.75, 3.05) is 13.1 Å². The first-order valence-electron chi connectivity index (χ1n) is 24.0. The summed E-state index contributed by atoms with van der Waals surface area (Å²) in [6.45, 7) is 7.55. The van der Waals surface area contributed by atoms with Crippen molar-refractivity contribution in [3.63, 3.8) is 0 Å². The number of primary amides is 1. The molecule has 0 bridgehead atoms. The molecule has 1 aromatic carbocycles. The van der Waals surface area contributed by atoms with Gasteiger partial charge in [-0.15, -0.1) is 0 Å². The summed E-state index contributed by atoms with van der Waals surface area (Å²) in [5.41, 5.74) is 6.43. The van der Waals surface area contributed by atoms with Crippen molar-refractivity contribution in [2.45, 2.75) is 186 Å². The van der Waals surface area contributed by atoms with Gasteiger partial charge in [-0.2, -0.15) is 0 Å². The van der Waals surface area contributed by atoms with Gasteiger partial charge in [-0.1, -0.05) is 122 Å². The third-order valence-electron chi connectivity index (χ3n) is 13.0. The van der Waals surface area contributed by atoms with Gasteiger partial charge in [0.25, 0.3) is 5.91 Å². The summed E-state index contributed by atoms with van der Waals surface area (Å²) < 4.78 is 6.29. The number of nitrogens with one attached hydrogen (secondary N) is 5. The third-order valence-corrected chi connectivity index (χ3v) is 13.0. The second-order valence-corrected chi connectivity index (χ2v) is 18.3. The van der Waals surface area contributed by atoms with Crippen LogP contribution in [-0.2, 0) is 49.7 Å². The van der Waals surface area contributed by atoms with Crippen LogP contribution >= 0.6 is 0 Å². The van der Waals surface area contributed by atoms with E-state index in [0.29, 0.717) is 31.6 Å². The molecule has 356 valence electrons. The molecular formula is C48H75N7O9. The number of nitrogens with two attached hydrogens (primary N) is 1. The van der Waals surface area contributed by atoms with E-state index in [9.17, 15) is 38.4 Å². The topological polar surface area (TPSA) is 235 Å². The van der Waals surface area contributed by atoms with E-state index in [2.05, 4.69) is 33.5 Å². The SMILES string of the molecule is CCCCC(NC(=O)C(CCCC)NC(=O)CNC(=O)C(=O)C(CCC)NC(=O)[C@@H]1C[C@@H](OCc2ccccc2)CN1C(=O)C(NC(=O)C1CCCC(C)C1)C1CCCCC1)C(N)=O. The van der Waals surface area contributed by atoms with Crippen LogP contribution in [0.1, 0.15) is 149 Å². The van der Waals surface area contributed by atoms with E-state index in [-0.39, 0.29) is 56.1 Å². The second kappa shape index (κ2) is 26.8. The fourth-order valence-corrected chi connectivity index (χ4v) is 9.29. The zero-order valence-corrected chi connectivity index (χ0v) is 38.6. The molecule has 4 rings (SSSR count). The van der Waals surface area contributed by atoms with Crippen LogP contribution in [0, 0.1) is 17.8 Å². The molecule has 1 heterocycles. The summed E-state index contributed by atoms with van der Waals surface area (Å²) in [5.74, 6) is -5.00. The van der Waals surface area contributed by atoms with Crippen molar-refractivity contribution < 1.29 is 43.1 Å². The number of unbranched alkanes of at least 4 members (excludes halogenated alkanes) is 2. The van der Waals surface area contributed by atoms with Crippen LogP contribution in [0.4, 0.5) is 0 Å². The average Bonchev–Trinajstić information content (AvgIpc) is 3.73. The number of nitrogens with zero attached hydrogens (tertiary/aromatic N) is 1. The maximum atomic E-state index is 14.8. The van der Waals surface area contributed by atoms with Gasteiger partial charge < -0.3 is 42.0 Å². The Morgan fingerprint density at radius 3 is 2.06 bits per heavy atom. The predicted octanol–water partition coefficient (Wildman–Crippen LogP) is 3.87. The monoisotopic (exact) mass is 894 g/mol. The minimum Gasteiger partial charge on any atom is -0.372 e. The first kappa shape index (κ1) is 51.8. The highest BCUT2D eigenvalue weighted by Crippen LogP contribution is 2.33. The van der Waals surface area contributed by atoms with E-state index in [4.69, 9.17) is 10.5 Å². The molecule has 0 radical (unpaired) electrons.